The van der Waals surface area contributed by atoms with Crippen LogP contribution < -0.4 is 4.74 Å². The Bertz CT molecular complexity index is 411. The van der Waals surface area contributed by atoms with Crippen LogP contribution in [0.3, 0.4) is 0 Å². The Kier molecular flexibility index (Phi) is 4.55. The number of ether oxygens (including phenoxy) is 1. The van der Waals surface area contributed by atoms with Crippen molar-refractivity contribution in [2.24, 2.45) is 0 Å². The summed E-state index contributed by atoms with van der Waals surface area (Å²) in [6.07, 6.45) is 2.65. The minimum Gasteiger partial charge on any atom is -0.489 e. The Hall–Kier alpha value is -1.29. The van der Waals surface area contributed by atoms with E-state index < -0.39 is 5.97 Å². The average Bonchev–Trinajstić information content (AvgIpc) is 2.18. The molecule has 1 N–H and O–H groups in total. The van der Waals surface area contributed by atoms with E-state index in [9.17, 15) is 4.79 Å². The van der Waals surface area contributed by atoms with E-state index in [-0.39, 0.29) is 6.10 Å². The molecule has 0 aromatic heterocycles. The number of carboxylic acids is 1. The van der Waals surface area contributed by atoms with E-state index in [1.54, 1.807) is 0 Å². The van der Waals surface area contributed by atoms with Gasteiger partial charge in [-0.25, -0.2) is 4.79 Å². The fourth-order valence-corrected chi connectivity index (χ4v) is 1.65. The summed E-state index contributed by atoms with van der Waals surface area (Å²) >= 11 is 3.38. The molecular weight excluding hydrogens is 272 g/mol. The number of rotatable bonds is 4. The van der Waals surface area contributed by atoms with Crippen molar-refractivity contribution in [3.8, 4) is 5.75 Å². The monoisotopic (exact) mass is 284 g/mol. The zero-order valence-electron chi connectivity index (χ0n) is 9.11. The first-order valence-corrected chi connectivity index (χ1v) is 5.66. The van der Waals surface area contributed by atoms with Crippen LogP contribution in [0.25, 0.3) is 6.08 Å². The van der Waals surface area contributed by atoms with Crippen molar-refractivity contribution in [2.45, 2.75) is 20.0 Å². The number of carbonyl (C=O) groups is 1. The van der Waals surface area contributed by atoms with Crippen LogP contribution in [0.2, 0.25) is 0 Å². The van der Waals surface area contributed by atoms with Crippen LogP contribution in [-0.4, -0.2) is 17.2 Å². The third kappa shape index (κ3) is 3.70. The number of benzene rings is 1. The van der Waals surface area contributed by atoms with Gasteiger partial charge in [-0.2, -0.15) is 0 Å². The molecule has 0 aliphatic carbocycles. The quantitative estimate of drug-likeness (QED) is 0.863. The van der Waals surface area contributed by atoms with Gasteiger partial charge in [0.25, 0.3) is 0 Å². The van der Waals surface area contributed by atoms with Crippen LogP contribution in [0.1, 0.15) is 19.4 Å². The SMILES string of the molecule is CC(C)Oc1c(Br)cccc1C=CC(=O)O. The van der Waals surface area contributed by atoms with Crippen molar-refractivity contribution in [1.29, 1.82) is 0 Å². The van der Waals surface area contributed by atoms with E-state index in [0.717, 1.165) is 16.1 Å². The third-order valence-electron chi connectivity index (χ3n) is 1.76. The van der Waals surface area contributed by atoms with Crippen molar-refractivity contribution in [2.75, 3.05) is 0 Å². The molecule has 0 heterocycles. The minimum absolute atomic E-state index is 0.0377. The molecule has 1 aromatic carbocycles. The normalized spacial score (nSPS) is 11.0. The number of halogens is 1. The largest absolute Gasteiger partial charge is 0.489 e. The van der Waals surface area contributed by atoms with Gasteiger partial charge < -0.3 is 9.84 Å². The molecule has 0 aliphatic rings. The van der Waals surface area contributed by atoms with E-state index in [1.165, 1.54) is 6.08 Å². The van der Waals surface area contributed by atoms with Crippen LogP contribution in [0.5, 0.6) is 5.75 Å². The van der Waals surface area contributed by atoms with E-state index in [0.29, 0.717) is 5.75 Å². The van der Waals surface area contributed by atoms with E-state index in [2.05, 4.69) is 15.9 Å². The molecule has 1 aromatic rings. The molecule has 0 radical (unpaired) electrons. The lowest BCUT2D eigenvalue weighted by atomic mass is 10.2. The zero-order valence-corrected chi connectivity index (χ0v) is 10.7. The summed E-state index contributed by atoms with van der Waals surface area (Å²) in [6, 6.07) is 5.50. The summed E-state index contributed by atoms with van der Waals surface area (Å²) in [6.45, 7) is 3.84. The van der Waals surface area contributed by atoms with Gasteiger partial charge in [0.15, 0.2) is 0 Å². The Labute approximate surface area is 103 Å². The van der Waals surface area contributed by atoms with E-state index >= 15 is 0 Å². The van der Waals surface area contributed by atoms with Crippen molar-refractivity contribution in [3.63, 3.8) is 0 Å². The molecule has 86 valence electrons. The van der Waals surface area contributed by atoms with Gasteiger partial charge in [-0.3, -0.25) is 0 Å². The Morgan fingerprint density at radius 3 is 2.75 bits per heavy atom. The summed E-state index contributed by atoms with van der Waals surface area (Å²) in [5, 5.41) is 8.58. The molecule has 16 heavy (non-hydrogen) atoms. The van der Waals surface area contributed by atoms with Crippen LogP contribution >= 0.6 is 15.9 Å². The molecule has 0 fully saturated rings. The number of carboxylic acid groups (broad SMARTS) is 1. The summed E-state index contributed by atoms with van der Waals surface area (Å²) < 4.78 is 6.43. The van der Waals surface area contributed by atoms with E-state index in [4.69, 9.17) is 9.84 Å². The molecule has 0 bridgehead atoms. The molecule has 1 rings (SSSR count). The summed E-state index contributed by atoms with van der Waals surface area (Å²) in [4.78, 5) is 10.5. The second-order valence-electron chi connectivity index (χ2n) is 3.50. The number of hydrogen-bond donors (Lipinski definition) is 1. The second-order valence-corrected chi connectivity index (χ2v) is 4.35. The Morgan fingerprint density at radius 1 is 1.50 bits per heavy atom. The van der Waals surface area contributed by atoms with Gasteiger partial charge in [-0.05, 0) is 41.9 Å². The maximum Gasteiger partial charge on any atom is 0.328 e. The highest BCUT2D eigenvalue weighted by molar-refractivity contribution is 9.10. The summed E-state index contributed by atoms with van der Waals surface area (Å²) in [7, 11) is 0. The molecule has 0 saturated carbocycles. The van der Waals surface area contributed by atoms with Gasteiger partial charge in [-0.15, -0.1) is 0 Å². The molecule has 0 aliphatic heterocycles. The van der Waals surface area contributed by atoms with Gasteiger partial charge in [0.1, 0.15) is 5.75 Å². The van der Waals surface area contributed by atoms with Gasteiger partial charge >= 0.3 is 5.97 Å². The highest BCUT2D eigenvalue weighted by atomic mass is 79.9. The number of hydrogen-bond acceptors (Lipinski definition) is 2. The summed E-state index contributed by atoms with van der Waals surface area (Å²) in [5.74, 6) is -0.314. The van der Waals surface area contributed by atoms with Crippen molar-refractivity contribution < 1.29 is 14.6 Å². The zero-order chi connectivity index (χ0) is 12.1. The molecule has 0 saturated heterocycles. The standard InChI is InChI=1S/C12H13BrO3/c1-8(2)16-12-9(6-7-11(14)15)4-3-5-10(12)13/h3-8H,1-2H3,(H,14,15). The first-order chi connectivity index (χ1) is 7.50. The van der Waals surface area contributed by atoms with Crippen LogP contribution in [0.4, 0.5) is 0 Å². The fraction of sp³-hybridized carbons (Fsp3) is 0.250. The second kappa shape index (κ2) is 5.70. The lowest BCUT2D eigenvalue weighted by Gasteiger charge is -2.13. The lowest BCUT2D eigenvalue weighted by molar-refractivity contribution is -0.131. The highest BCUT2D eigenvalue weighted by Crippen LogP contribution is 2.30. The fourth-order valence-electron chi connectivity index (χ4n) is 1.18. The number of para-hydroxylation sites is 1. The Morgan fingerprint density at radius 2 is 2.19 bits per heavy atom. The summed E-state index contributed by atoms with van der Waals surface area (Å²) in [5.41, 5.74) is 0.741. The van der Waals surface area contributed by atoms with Crippen LogP contribution in [0, 0.1) is 0 Å². The van der Waals surface area contributed by atoms with Gasteiger partial charge in [0.05, 0.1) is 10.6 Å². The van der Waals surface area contributed by atoms with Crippen LogP contribution in [-0.2, 0) is 4.79 Å². The number of aliphatic carboxylic acids is 1. The van der Waals surface area contributed by atoms with E-state index in [1.807, 2.05) is 32.0 Å². The smallest absolute Gasteiger partial charge is 0.328 e. The Balaban J connectivity index is 3.07. The van der Waals surface area contributed by atoms with Gasteiger partial charge in [0, 0.05) is 11.6 Å². The average molecular weight is 285 g/mol. The molecule has 0 spiro atoms. The van der Waals surface area contributed by atoms with Crippen molar-refractivity contribution >= 4 is 28.0 Å². The maximum absolute atomic E-state index is 10.5. The van der Waals surface area contributed by atoms with Crippen molar-refractivity contribution in [1.82, 2.24) is 0 Å². The molecule has 3 nitrogen and oxygen atoms in total. The first kappa shape index (κ1) is 12.8. The van der Waals surface area contributed by atoms with Crippen molar-refractivity contribution in [3.05, 3.63) is 34.3 Å². The predicted molar refractivity (Wildman–Crippen MR) is 66.6 cm³/mol. The topological polar surface area (TPSA) is 46.5 Å². The van der Waals surface area contributed by atoms with Gasteiger partial charge in [0.2, 0.25) is 0 Å². The maximum atomic E-state index is 10.5. The predicted octanol–water partition coefficient (Wildman–Crippen LogP) is 3.33. The minimum atomic E-state index is -0.976. The molecule has 0 atom stereocenters. The molecular formula is C12H13BrO3. The molecule has 4 heteroatoms. The van der Waals surface area contributed by atoms with Crippen LogP contribution in [0.15, 0.2) is 28.7 Å². The van der Waals surface area contributed by atoms with Gasteiger partial charge in [-0.1, -0.05) is 12.1 Å². The molecule has 0 unspecified atom stereocenters. The third-order valence-corrected chi connectivity index (χ3v) is 2.38. The lowest BCUT2D eigenvalue weighted by Crippen LogP contribution is -2.07. The molecule has 0 amide bonds. The highest BCUT2D eigenvalue weighted by Gasteiger charge is 2.07. The first-order valence-electron chi connectivity index (χ1n) is 4.87.